The first-order valence-corrected chi connectivity index (χ1v) is 8.38. The van der Waals surface area contributed by atoms with E-state index in [2.05, 4.69) is 18.5 Å². The maximum atomic E-state index is 12.9. The van der Waals surface area contributed by atoms with Gasteiger partial charge in [0.2, 0.25) is 5.91 Å². The number of alkyl carbamates (subject to hydrolysis) is 1. The lowest BCUT2D eigenvalue weighted by Gasteiger charge is -2.41. The van der Waals surface area contributed by atoms with Crippen LogP contribution in [-0.2, 0) is 14.3 Å². The molecular formula is C18H28N2O5. The molecule has 0 aromatic carbocycles. The van der Waals surface area contributed by atoms with Crippen molar-refractivity contribution in [3.05, 3.63) is 25.3 Å². The summed E-state index contributed by atoms with van der Waals surface area (Å²) in [4.78, 5) is 37.8. The third-order valence-electron chi connectivity index (χ3n) is 3.90. The van der Waals surface area contributed by atoms with Crippen LogP contribution in [0.4, 0.5) is 4.79 Å². The van der Waals surface area contributed by atoms with Crippen molar-refractivity contribution in [1.29, 1.82) is 0 Å². The van der Waals surface area contributed by atoms with Crippen molar-refractivity contribution in [2.45, 2.75) is 70.2 Å². The Bertz CT molecular complexity index is 538. The van der Waals surface area contributed by atoms with Crippen molar-refractivity contribution in [3.8, 4) is 0 Å². The fraction of sp³-hybridized carbons (Fsp3) is 0.611. The molecule has 3 atom stereocenters. The van der Waals surface area contributed by atoms with E-state index in [0.717, 1.165) is 6.42 Å². The Kier molecular flexibility index (Phi) is 7.21. The number of amides is 2. The molecule has 1 rings (SSSR count). The molecule has 0 aromatic heterocycles. The van der Waals surface area contributed by atoms with Gasteiger partial charge in [-0.1, -0.05) is 12.2 Å². The van der Waals surface area contributed by atoms with E-state index in [0.29, 0.717) is 19.3 Å². The van der Waals surface area contributed by atoms with Crippen molar-refractivity contribution < 1.29 is 24.2 Å². The molecule has 0 aliphatic carbocycles. The lowest BCUT2D eigenvalue weighted by Crippen LogP contribution is -2.58. The molecule has 140 valence electrons. The molecule has 7 nitrogen and oxygen atoms in total. The van der Waals surface area contributed by atoms with E-state index in [1.54, 1.807) is 26.8 Å². The van der Waals surface area contributed by atoms with Gasteiger partial charge >= 0.3 is 12.1 Å². The highest BCUT2D eigenvalue weighted by atomic mass is 16.6. The van der Waals surface area contributed by atoms with Crippen LogP contribution in [0.1, 0.15) is 46.5 Å². The van der Waals surface area contributed by atoms with Crippen molar-refractivity contribution in [2.75, 3.05) is 0 Å². The van der Waals surface area contributed by atoms with E-state index in [1.165, 1.54) is 11.0 Å². The van der Waals surface area contributed by atoms with Gasteiger partial charge in [-0.2, -0.15) is 0 Å². The first kappa shape index (κ1) is 20.7. The minimum Gasteiger partial charge on any atom is -0.480 e. The topological polar surface area (TPSA) is 95.9 Å². The highest BCUT2D eigenvalue weighted by molar-refractivity contribution is 5.91. The first-order chi connectivity index (χ1) is 11.6. The standard InChI is InChI=1S/C18H28N2O5/c1-6-9-12-10-8-11-14(16(22)23)20(12)15(21)13(7-2)19-17(24)25-18(3,4)5/h6-7,12-14H,1-2,8-11H2,3-5H3,(H,19,24)(H,22,23)/t12?,13?,14-/m0/s1. The maximum Gasteiger partial charge on any atom is 0.408 e. The maximum absolute atomic E-state index is 12.9. The summed E-state index contributed by atoms with van der Waals surface area (Å²) >= 11 is 0. The first-order valence-electron chi connectivity index (χ1n) is 8.38. The van der Waals surface area contributed by atoms with Gasteiger partial charge < -0.3 is 20.1 Å². The van der Waals surface area contributed by atoms with Crippen molar-refractivity contribution in [1.82, 2.24) is 10.2 Å². The summed E-state index contributed by atoms with van der Waals surface area (Å²) < 4.78 is 5.16. The Hall–Kier alpha value is -2.31. The number of carboxylic acids is 1. The highest BCUT2D eigenvalue weighted by Gasteiger charge is 2.40. The molecule has 1 fully saturated rings. The number of likely N-dealkylation sites (tertiary alicyclic amines) is 1. The predicted molar refractivity (Wildman–Crippen MR) is 94.1 cm³/mol. The molecule has 0 spiro atoms. The van der Waals surface area contributed by atoms with Gasteiger partial charge in [0.25, 0.3) is 0 Å². The quantitative estimate of drug-likeness (QED) is 0.716. The van der Waals surface area contributed by atoms with Gasteiger partial charge in [-0.05, 0) is 46.5 Å². The van der Waals surface area contributed by atoms with Crippen LogP contribution in [0.2, 0.25) is 0 Å². The molecule has 1 heterocycles. The normalized spacial score (nSPS) is 21.8. The fourth-order valence-electron chi connectivity index (χ4n) is 2.90. The Labute approximate surface area is 148 Å². The minimum absolute atomic E-state index is 0.261. The van der Waals surface area contributed by atoms with Gasteiger partial charge in [-0.25, -0.2) is 9.59 Å². The van der Waals surface area contributed by atoms with Gasteiger partial charge in [0.15, 0.2) is 0 Å². The van der Waals surface area contributed by atoms with Crippen LogP contribution in [0.25, 0.3) is 0 Å². The third kappa shape index (κ3) is 5.92. The monoisotopic (exact) mass is 352 g/mol. The number of carbonyl (C=O) groups is 3. The van der Waals surface area contributed by atoms with E-state index in [1.807, 2.05) is 0 Å². The van der Waals surface area contributed by atoms with E-state index in [9.17, 15) is 19.5 Å². The van der Waals surface area contributed by atoms with Crippen molar-refractivity contribution in [2.24, 2.45) is 0 Å². The van der Waals surface area contributed by atoms with Crippen molar-refractivity contribution >= 4 is 18.0 Å². The molecular weight excluding hydrogens is 324 g/mol. The Balaban J connectivity index is 2.98. The summed E-state index contributed by atoms with van der Waals surface area (Å²) in [6.45, 7) is 12.4. The van der Waals surface area contributed by atoms with Gasteiger partial charge in [0.05, 0.1) is 0 Å². The second-order valence-corrected chi connectivity index (χ2v) is 7.07. The highest BCUT2D eigenvalue weighted by Crippen LogP contribution is 2.26. The van der Waals surface area contributed by atoms with Crippen LogP contribution < -0.4 is 5.32 Å². The summed E-state index contributed by atoms with van der Waals surface area (Å²) in [6, 6.07) is -2.24. The summed E-state index contributed by atoms with van der Waals surface area (Å²) in [7, 11) is 0. The zero-order chi connectivity index (χ0) is 19.2. The molecule has 0 radical (unpaired) electrons. The largest absolute Gasteiger partial charge is 0.480 e. The Morgan fingerprint density at radius 3 is 2.44 bits per heavy atom. The fourth-order valence-corrected chi connectivity index (χ4v) is 2.90. The Morgan fingerprint density at radius 1 is 1.32 bits per heavy atom. The zero-order valence-corrected chi connectivity index (χ0v) is 15.2. The summed E-state index contributed by atoms with van der Waals surface area (Å²) in [5.41, 5.74) is -0.709. The van der Waals surface area contributed by atoms with E-state index in [4.69, 9.17) is 4.74 Å². The second kappa shape index (κ2) is 8.69. The van der Waals surface area contributed by atoms with Crippen LogP contribution in [0.15, 0.2) is 25.3 Å². The molecule has 2 amide bonds. The Morgan fingerprint density at radius 2 is 1.96 bits per heavy atom. The number of piperidine rings is 1. The van der Waals surface area contributed by atoms with Gasteiger partial charge in [-0.15, -0.1) is 13.2 Å². The lowest BCUT2D eigenvalue weighted by molar-refractivity contribution is -0.155. The number of nitrogens with one attached hydrogen (secondary N) is 1. The average molecular weight is 352 g/mol. The smallest absolute Gasteiger partial charge is 0.408 e. The molecule has 25 heavy (non-hydrogen) atoms. The number of hydrogen-bond donors (Lipinski definition) is 2. The number of carboxylic acid groups (broad SMARTS) is 1. The van der Waals surface area contributed by atoms with Crippen LogP contribution in [0.5, 0.6) is 0 Å². The van der Waals surface area contributed by atoms with Gasteiger partial charge in [-0.3, -0.25) is 4.79 Å². The molecule has 0 bridgehead atoms. The number of aliphatic carboxylic acids is 1. The van der Waals surface area contributed by atoms with Crippen LogP contribution in [0, 0.1) is 0 Å². The molecule has 2 unspecified atom stereocenters. The molecule has 0 aromatic rings. The predicted octanol–water partition coefficient (Wildman–Crippen LogP) is 2.48. The van der Waals surface area contributed by atoms with E-state index < -0.39 is 35.7 Å². The van der Waals surface area contributed by atoms with Crippen LogP contribution in [0.3, 0.4) is 0 Å². The average Bonchev–Trinajstić information content (AvgIpc) is 2.50. The third-order valence-corrected chi connectivity index (χ3v) is 3.90. The van der Waals surface area contributed by atoms with Crippen LogP contribution >= 0.6 is 0 Å². The number of hydrogen-bond acceptors (Lipinski definition) is 4. The summed E-state index contributed by atoms with van der Waals surface area (Å²) in [5.74, 6) is -1.55. The number of rotatable bonds is 6. The SMILES string of the molecule is C=CCC1CCC[C@@H](C(=O)O)N1C(=O)C(C=C)NC(=O)OC(C)(C)C. The van der Waals surface area contributed by atoms with Gasteiger partial charge in [0.1, 0.15) is 17.7 Å². The van der Waals surface area contributed by atoms with E-state index >= 15 is 0 Å². The van der Waals surface area contributed by atoms with Crippen LogP contribution in [-0.4, -0.2) is 51.7 Å². The van der Waals surface area contributed by atoms with Gasteiger partial charge in [0, 0.05) is 6.04 Å². The van der Waals surface area contributed by atoms with E-state index in [-0.39, 0.29) is 6.04 Å². The number of ether oxygens (including phenoxy) is 1. The molecule has 0 saturated carbocycles. The number of nitrogens with zero attached hydrogens (tertiary/aromatic N) is 1. The second-order valence-electron chi connectivity index (χ2n) is 7.07. The summed E-state index contributed by atoms with van der Waals surface area (Å²) in [5, 5.41) is 11.9. The molecule has 7 heteroatoms. The lowest BCUT2D eigenvalue weighted by atomic mass is 9.92. The minimum atomic E-state index is -1.05. The number of carbonyl (C=O) groups excluding carboxylic acids is 2. The zero-order valence-electron chi connectivity index (χ0n) is 15.2. The summed E-state index contributed by atoms with van der Waals surface area (Å²) in [6.07, 6.45) is 4.48. The van der Waals surface area contributed by atoms with Crippen molar-refractivity contribution in [3.63, 3.8) is 0 Å². The molecule has 1 aliphatic heterocycles. The molecule has 1 aliphatic rings. The molecule has 1 saturated heterocycles. The molecule has 2 N–H and O–H groups in total.